The van der Waals surface area contributed by atoms with Gasteiger partial charge in [-0.2, -0.15) is 15.0 Å². The van der Waals surface area contributed by atoms with Crippen LogP contribution in [0.2, 0.25) is 0 Å². The smallest absolute Gasteiger partial charge is 0.228 e. The van der Waals surface area contributed by atoms with Gasteiger partial charge in [0.25, 0.3) is 0 Å². The van der Waals surface area contributed by atoms with Crippen molar-refractivity contribution in [3.63, 3.8) is 0 Å². The molecule has 0 spiro atoms. The number of aryl methyl sites for hydroxylation is 1. The zero-order valence-electron chi connectivity index (χ0n) is 12.9. The third-order valence-electron chi connectivity index (χ3n) is 4.44. The van der Waals surface area contributed by atoms with Crippen molar-refractivity contribution in [2.24, 2.45) is 13.0 Å². The van der Waals surface area contributed by atoms with Gasteiger partial charge in [0, 0.05) is 31.8 Å². The number of hydrogen-bond acceptors (Lipinski definition) is 5. The van der Waals surface area contributed by atoms with E-state index < -0.39 is 0 Å². The number of fused-ring (bicyclic) bond motifs is 3. The molecule has 7 nitrogen and oxygen atoms in total. The zero-order valence-corrected chi connectivity index (χ0v) is 12.9. The van der Waals surface area contributed by atoms with Crippen molar-refractivity contribution in [1.82, 2.24) is 20.0 Å². The van der Waals surface area contributed by atoms with Gasteiger partial charge in [0.15, 0.2) is 5.82 Å². The van der Waals surface area contributed by atoms with E-state index in [2.05, 4.69) is 32.3 Å². The summed E-state index contributed by atoms with van der Waals surface area (Å²) in [6.45, 7) is 2.08. The molecule has 4 rings (SSSR count). The van der Waals surface area contributed by atoms with Crippen LogP contribution in [0.3, 0.4) is 0 Å². The van der Waals surface area contributed by atoms with Gasteiger partial charge in [0.05, 0.1) is 11.7 Å². The van der Waals surface area contributed by atoms with Crippen LogP contribution in [0.1, 0.15) is 31.5 Å². The van der Waals surface area contributed by atoms with Crippen LogP contribution in [-0.4, -0.2) is 32.9 Å². The van der Waals surface area contributed by atoms with E-state index >= 15 is 0 Å². The maximum absolute atomic E-state index is 12.1. The topological polar surface area (TPSA) is 75.9 Å². The maximum atomic E-state index is 12.1. The molecule has 1 N–H and O–H groups in total. The molecule has 7 heteroatoms. The summed E-state index contributed by atoms with van der Waals surface area (Å²) in [6, 6.07) is 2.01. The molecule has 2 aliphatic rings. The predicted molar refractivity (Wildman–Crippen MR) is 82.4 cm³/mol. The van der Waals surface area contributed by atoms with Gasteiger partial charge < -0.3 is 10.2 Å². The highest BCUT2D eigenvalue weighted by Crippen LogP contribution is 2.45. The molecule has 2 aromatic rings. The molecule has 0 radical (unpaired) electrons. The third-order valence-corrected chi connectivity index (χ3v) is 4.44. The number of hydrogen-bond donors (Lipinski definition) is 1. The Kier molecular flexibility index (Phi) is 2.72. The van der Waals surface area contributed by atoms with Crippen molar-refractivity contribution in [2.75, 3.05) is 17.3 Å². The molecule has 2 aromatic heterocycles. The number of carbonyl (C=O) groups excluding carboxylic acids is 1. The van der Waals surface area contributed by atoms with Crippen molar-refractivity contribution < 1.29 is 4.79 Å². The van der Waals surface area contributed by atoms with E-state index in [0.29, 0.717) is 5.82 Å². The van der Waals surface area contributed by atoms with E-state index in [1.165, 1.54) is 0 Å². The molecule has 0 aromatic carbocycles. The normalized spacial score (nSPS) is 19.6. The lowest BCUT2D eigenvalue weighted by molar-refractivity contribution is -0.117. The lowest BCUT2D eigenvalue weighted by Gasteiger charge is -2.33. The summed E-state index contributed by atoms with van der Waals surface area (Å²) in [6.07, 6.45) is 3.66. The van der Waals surface area contributed by atoms with Crippen LogP contribution >= 0.6 is 0 Å². The molecule has 1 saturated carbocycles. The molecule has 1 aliphatic heterocycles. The lowest BCUT2D eigenvalue weighted by Crippen LogP contribution is -2.28. The fourth-order valence-electron chi connectivity index (χ4n) is 2.93. The Morgan fingerprint density at radius 2 is 2.09 bits per heavy atom. The molecule has 1 amide bonds. The molecular weight excluding hydrogens is 280 g/mol. The fraction of sp³-hybridized carbons (Fsp3) is 0.467. The van der Waals surface area contributed by atoms with E-state index in [1.54, 1.807) is 11.0 Å². The summed E-state index contributed by atoms with van der Waals surface area (Å²) in [5.74, 6) is 0.822. The Labute approximate surface area is 128 Å². The second kappa shape index (κ2) is 4.53. The maximum Gasteiger partial charge on any atom is 0.228 e. The Bertz CT molecular complexity index is 763. The van der Waals surface area contributed by atoms with Crippen LogP contribution in [0, 0.1) is 5.92 Å². The monoisotopic (exact) mass is 298 g/mol. The second-order valence-electron chi connectivity index (χ2n) is 6.03. The molecule has 114 valence electrons. The van der Waals surface area contributed by atoms with Gasteiger partial charge in [-0.3, -0.25) is 4.79 Å². The quantitative estimate of drug-likeness (QED) is 0.914. The molecule has 3 heterocycles. The van der Waals surface area contributed by atoms with Gasteiger partial charge >= 0.3 is 0 Å². The van der Waals surface area contributed by atoms with Crippen molar-refractivity contribution in [2.45, 2.75) is 25.8 Å². The Balaban J connectivity index is 1.83. The van der Waals surface area contributed by atoms with Gasteiger partial charge in [-0.15, -0.1) is 0 Å². The molecule has 1 atom stereocenters. The van der Waals surface area contributed by atoms with Gasteiger partial charge in [-0.05, 0) is 25.8 Å². The minimum Gasteiger partial charge on any atom is -0.363 e. The fourth-order valence-corrected chi connectivity index (χ4v) is 2.93. The Morgan fingerprint density at radius 1 is 1.32 bits per heavy atom. The number of amides is 1. The van der Waals surface area contributed by atoms with E-state index in [4.69, 9.17) is 0 Å². The van der Waals surface area contributed by atoms with Crippen molar-refractivity contribution >= 4 is 17.4 Å². The summed E-state index contributed by atoms with van der Waals surface area (Å²) in [4.78, 5) is 20.2. The number of carbonyl (C=O) groups is 1. The van der Waals surface area contributed by atoms with Gasteiger partial charge in [0.1, 0.15) is 11.4 Å². The minimum atomic E-state index is 0.0619. The average molecular weight is 298 g/mol. The Morgan fingerprint density at radius 3 is 2.82 bits per heavy atom. The highest BCUT2D eigenvalue weighted by molar-refractivity contribution is 5.99. The number of nitrogens with one attached hydrogen (secondary N) is 1. The molecule has 0 saturated heterocycles. The second-order valence-corrected chi connectivity index (χ2v) is 6.03. The van der Waals surface area contributed by atoms with Crippen molar-refractivity contribution in [1.29, 1.82) is 0 Å². The van der Waals surface area contributed by atoms with Crippen molar-refractivity contribution in [3.8, 4) is 11.3 Å². The van der Waals surface area contributed by atoms with Crippen LogP contribution in [0.5, 0.6) is 0 Å². The van der Waals surface area contributed by atoms with Crippen LogP contribution in [-0.2, 0) is 11.8 Å². The van der Waals surface area contributed by atoms with E-state index in [-0.39, 0.29) is 17.9 Å². The first-order valence-corrected chi connectivity index (χ1v) is 7.50. The third kappa shape index (κ3) is 1.88. The predicted octanol–water partition coefficient (Wildman–Crippen LogP) is 1.74. The summed E-state index contributed by atoms with van der Waals surface area (Å²) >= 11 is 0. The molecule has 1 aliphatic carbocycles. The average Bonchev–Trinajstić information content (AvgIpc) is 3.27. The Hall–Kier alpha value is -2.44. The first-order valence-electron chi connectivity index (χ1n) is 7.50. The van der Waals surface area contributed by atoms with Crippen LogP contribution < -0.4 is 10.2 Å². The van der Waals surface area contributed by atoms with Crippen LogP contribution in [0.25, 0.3) is 11.3 Å². The van der Waals surface area contributed by atoms with Crippen LogP contribution in [0.4, 0.5) is 11.5 Å². The van der Waals surface area contributed by atoms with Crippen LogP contribution in [0.15, 0.2) is 12.3 Å². The molecule has 1 fully saturated rings. The summed E-state index contributed by atoms with van der Waals surface area (Å²) in [5, 5.41) is 11.9. The first kappa shape index (κ1) is 13.2. The highest BCUT2D eigenvalue weighted by atomic mass is 16.2. The number of rotatable bonds is 2. The molecular formula is C15H18N6O. The van der Waals surface area contributed by atoms with E-state index in [1.807, 2.05) is 20.2 Å². The number of aromatic nitrogens is 4. The molecule has 1 unspecified atom stereocenters. The highest BCUT2D eigenvalue weighted by Gasteiger charge is 2.34. The van der Waals surface area contributed by atoms with Gasteiger partial charge in [0.2, 0.25) is 5.91 Å². The number of anilines is 2. The molecule has 0 bridgehead atoms. The van der Waals surface area contributed by atoms with Gasteiger partial charge in [-0.1, -0.05) is 0 Å². The summed E-state index contributed by atoms with van der Waals surface area (Å²) in [7, 11) is 3.82. The lowest BCUT2D eigenvalue weighted by atomic mass is 9.99. The van der Waals surface area contributed by atoms with Crippen molar-refractivity contribution in [3.05, 3.63) is 18.0 Å². The standard InChI is InChI=1S/C15H18N6O/c1-8-11-12(19-21(3)18-11)10-6-7-16-14(13(10)20(8)2)17-15(22)9-4-5-9/h6-9H,4-5H2,1-3H3,(H,16,17,22). The number of nitrogens with zero attached hydrogens (tertiary/aromatic N) is 5. The van der Waals surface area contributed by atoms with E-state index in [9.17, 15) is 4.79 Å². The number of pyridine rings is 1. The summed E-state index contributed by atoms with van der Waals surface area (Å²) in [5.41, 5.74) is 3.69. The SMILES string of the molecule is CC1c2nn(C)nc2-c2ccnc(NC(=O)C3CC3)c2N1C. The minimum absolute atomic E-state index is 0.0619. The largest absolute Gasteiger partial charge is 0.363 e. The van der Waals surface area contributed by atoms with E-state index in [0.717, 1.165) is 35.5 Å². The first-order chi connectivity index (χ1) is 10.6. The molecule has 22 heavy (non-hydrogen) atoms. The summed E-state index contributed by atoms with van der Waals surface area (Å²) < 4.78 is 0. The van der Waals surface area contributed by atoms with Gasteiger partial charge in [-0.25, -0.2) is 4.98 Å². The zero-order chi connectivity index (χ0) is 15.4.